The number of nitrogens with one attached hydrogen (secondary N) is 2. The molecule has 1 aromatic rings. The van der Waals surface area contributed by atoms with Crippen LogP contribution in [0.2, 0.25) is 0 Å². The number of benzene rings is 1. The summed E-state index contributed by atoms with van der Waals surface area (Å²) in [5, 5.41) is 15.0. The van der Waals surface area contributed by atoms with Crippen molar-refractivity contribution in [1.82, 2.24) is 10.6 Å². The van der Waals surface area contributed by atoms with Gasteiger partial charge in [0, 0.05) is 11.6 Å². The van der Waals surface area contributed by atoms with Crippen LogP contribution in [0.1, 0.15) is 28.8 Å². The second-order valence-electron chi connectivity index (χ2n) is 4.19. The van der Waals surface area contributed by atoms with E-state index in [4.69, 9.17) is 5.26 Å². The predicted molar refractivity (Wildman–Crippen MR) is 64.5 cm³/mol. The molecule has 17 heavy (non-hydrogen) atoms. The van der Waals surface area contributed by atoms with Gasteiger partial charge in [-0.2, -0.15) is 5.26 Å². The monoisotopic (exact) mass is 229 g/mol. The van der Waals surface area contributed by atoms with E-state index in [1.54, 1.807) is 24.3 Å². The first-order chi connectivity index (χ1) is 8.29. The minimum atomic E-state index is -0.0889. The smallest absolute Gasteiger partial charge is 0.251 e. The zero-order chi connectivity index (χ0) is 12.1. The number of nitriles is 1. The fourth-order valence-corrected chi connectivity index (χ4v) is 1.96. The van der Waals surface area contributed by atoms with Crippen LogP contribution in [0.25, 0.3) is 0 Å². The van der Waals surface area contributed by atoms with Gasteiger partial charge in [-0.05, 0) is 44.1 Å². The second-order valence-corrected chi connectivity index (χ2v) is 4.19. The van der Waals surface area contributed by atoms with Gasteiger partial charge < -0.3 is 10.6 Å². The number of piperidine rings is 1. The Morgan fingerprint density at radius 3 is 2.88 bits per heavy atom. The normalized spacial score (nSPS) is 16.2. The van der Waals surface area contributed by atoms with Gasteiger partial charge in [0.2, 0.25) is 0 Å². The van der Waals surface area contributed by atoms with E-state index in [1.165, 1.54) is 0 Å². The van der Waals surface area contributed by atoms with Gasteiger partial charge in [-0.1, -0.05) is 6.07 Å². The molecule has 1 aliphatic heterocycles. The van der Waals surface area contributed by atoms with Crippen LogP contribution in [-0.2, 0) is 0 Å². The van der Waals surface area contributed by atoms with Crippen molar-refractivity contribution >= 4 is 5.91 Å². The largest absolute Gasteiger partial charge is 0.349 e. The van der Waals surface area contributed by atoms with E-state index in [2.05, 4.69) is 10.6 Å². The summed E-state index contributed by atoms with van der Waals surface area (Å²) in [6.07, 6.45) is 1.92. The molecule has 2 N–H and O–H groups in total. The summed E-state index contributed by atoms with van der Waals surface area (Å²) >= 11 is 0. The Hall–Kier alpha value is -1.86. The molecular weight excluding hydrogens is 214 g/mol. The third-order valence-electron chi connectivity index (χ3n) is 2.93. The zero-order valence-corrected chi connectivity index (χ0v) is 9.57. The van der Waals surface area contributed by atoms with Crippen LogP contribution in [0.3, 0.4) is 0 Å². The summed E-state index contributed by atoms with van der Waals surface area (Å²) in [6.45, 7) is 1.90. The van der Waals surface area contributed by atoms with E-state index in [9.17, 15) is 4.79 Å². The lowest BCUT2D eigenvalue weighted by Crippen LogP contribution is -2.42. The highest BCUT2D eigenvalue weighted by Crippen LogP contribution is 2.07. The van der Waals surface area contributed by atoms with E-state index in [0.29, 0.717) is 11.1 Å². The third kappa shape index (κ3) is 3.05. The fraction of sp³-hybridized carbons (Fsp3) is 0.385. The lowest BCUT2D eigenvalue weighted by molar-refractivity contribution is 0.0929. The Bertz CT molecular complexity index is 444. The Labute approximate surface area is 101 Å². The molecule has 0 bridgehead atoms. The maximum Gasteiger partial charge on any atom is 0.251 e. The molecule has 0 saturated carbocycles. The van der Waals surface area contributed by atoms with Crippen LogP contribution < -0.4 is 10.6 Å². The molecule has 0 aliphatic carbocycles. The van der Waals surface area contributed by atoms with Gasteiger partial charge in [0.05, 0.1) is 11.6 Å². The molecule has 4 heteroatoms. The standard InChI is InChI=1S/C13H15N3O/c14-9-10-2-1-3-11(8-10)13(17)16-12-4-6-15-7-5-12/h1-3,8,12,15H,4-7H2,(H,16,17). The molecular formula is C13H15N3O. The minimum absolute atomic E-state index is 0.0889. The zero-order valence-electron chi connectivity index (χ0n) is 9.57. The van der Waals surface area contributed by atoms with Crippen molar-refractivity contribution in [2.75, 3.05) is 13.1 Å². The number of hydrogen-bond donors (Lipinski definition) is 2. The van der Waals surface area contributed by atoms with Crippen molar-refractivity contribution < 1.29 is 4.79 Å². The Kier molecular flexibility index (Phi) is 3.73. The molecule has 0 spiro atoms. The maximum atomic E-state index is 11.9. The van der Waals surface area contributed by atoms with Crippen LogP contribution in [0.4, 0.5) is 0 Å². The summed E-state index contributed by atoms with van der Waals surface area (Å²) in [4.78, 5) is 11.9. The Morgan fingerprint density at radius 2 is 2.18 bits per heavy atom. The number of hydrogen-bond acceptors (Lipinski definition) is 3. The van der Waals surface area contributed by atoms with Gasteiger partial charge in [-0.15, -0.1) is 0 Å². The maximum absolute atomic E-state index is 11.9. The van der Waals surface area contributed by atoms with E-state index < -0.39 is 0 Å². The van der Waals surface area contributed by atoms with Crippen molar-refractivity contribution in [3.8, 4) is 6.07 Å². The van der Waals surface area contributed by atoms with E-state index in [-0.39, 0.29) is 11.9 Å². The number of nitrogens with zero attached hydrogens (tertiary/aromatic N) is 1. The predicted octanol–water partition coefficient (Wildman–Crippen LogP) is 1.04. The molecule has 1 amide bonds. The van der Waals surface area contributed by atoms with Crippen molar-refractivity contribution in [3.05, 3.63) is 35.4 Å². The average molecular weight is 229 g/mol. The molecule has 1 aliphatic rings. The SMILES string of the molecule is N#Cc1cccc(C(=O)NC2CCNCC2)c1. The third-order valence-corrected chi connectivity index (χ3v) is 2.93. The molecule has 1 saturated heterocycles. The van der Waals surface area contributed by atoms with E-state index >= 15 is 0 Å². The molecule has 0 unspecified atom stereocenters. The van der Waals surface area contributed by atoms with Gasteiger partial charge >= 0.3 is 0 Å². The Balaban J connectivity index is 2.01. The topological polar surface area (TPSA) is 64.9 Å². The van der Waals surface area contributed by atoms with Crippen molar-refractivity contribution in [2.24, 2.45) is 0 Å². The van der Waals surface area contributed by atoms with Crippen LogP contribution in [-0.4, -0.2) is 25.0 Å². The van der Waals surface area contributed by atoms with E-state index in [0.717, 1.165) is 25.9 Å². The molecule has 1 aromatic carbocycles. The van der Waals surface area contributed by atoms with Crippen LogP contribution in [0.5, 0.6) is 0 Å². The first kappa shape index (κ1) is 11.6. The molecule has 2 rings (SSSR count). The molecule has 1 fully saturated rings. The Morgan fingerprint density at radius 1 is 1.41 bits per heavy atom. The molecule has 0 radical (unpaired) electrons. The summed E-state index contributed by atoms with van der Waals surface area (Å²) in [5.41, 5.74) is 1.07. The number of rotatable bonds is 2. The number of carbonyl (C=O) groups excluding carboxylic acids is 1. The molecule has 88 valence electrons. The highest BCUT2D eigenvalue weighted by molar-refractivity contribution is 5.94. The second kappa shape index (κ2) is 5.46. The van der Waals surface area contributed by atoms with Crippen molar-refractivity contribution in [3.63, 3.8) is 0 Å². The van der Waals surface area contributed by atoms with Crippen molar-refractivity contribution in [1.29, 1.82) is 5.26 Å². The quantitative estimate of drug-likeness (QED) is 0.796. The van der Waals surface area contributed by atoms with Gasteiger partial charge in [-0.25, -0.2) is 0 Å². The van der Waals surface area contributed by atoms with Gasteiger partial charge in [0.15, 0.2) is 0 Å². The summed E-state index contributed by atoms with van der Waals surface area (Å²) in [6, 6.07) is 9.06. The lowest BCUT2D eigenvalue weighted by Gasteiger charge is -2.23. The first-order valence-electron chi connectivity index (χ1n) is 5.81. The molecule has 1 heterocycles. The first-order valence-corrected chi connectivity index (χ1v) is 5.81. The van der Waals surface area contributed by atoms with Crippen LogP contribution in [0.15, 0.2) is 24.3 Å². The highest BCUT2D eigenvalue weighted by Gasteiger charge is 2.16. The summed E-state index contributed by atoms with van der Waals surface area (Å²) in [7, 11) is 0. The van der Waals surface area contributed by atoms with Gasteiger partial charge in [-0.3, -0.25) is 4.79 Å². The van der Waals surface area contributed by atoms with E-state index in [1.807, 2.05) is 6.07 Å². The molecule has 0 atom stereocenters. The van der Waals surface area contributed by atoms with Gasteiger partial charge in [0.25, 0.3) is 5.91 Å². The number of amides is 1. The summed E-state index contributed by atoms with van der Waals surface area (Å²) in [5.74, 6) is -0.0889. The fourth-order valence-electron chi connectivity index (χ4n) is 1.96. The van der Waals surface area contributed by atoms with Crippen LogP contribution >= 0.6 is 0 Å². The van der Waals surface area contributed by atoms with Gasteiger partial charge in [0.1, 0.15) is 0 Å². The minimum Gasteiger partial charge on any atom is -0.349 e. The average Bonchev–Trinajstić information content (AvgIpc) is 2.40. The number of carbonyl (C=O) groups is 1. The summed E-state index contributed by atoms with van der Waals surface area (Å²) < 4.78 is 0. The van der Waals surface area contributed by atoms with Crippen molar-refractivity contribution in [2.45, 2.75) is 18.9 Å². The lowest BCUT2D eigenvalue weighted by atomic mass is 10.1. The molecule has 4 nitrogen and oxygen atoms in total. The molecule has 0 aromatic heterocycles. The van der Waals surface area contributed by atoms with Crippen LogP contribution in [0, 0.1) is 11.3 Å². The highest BCUT2D eigenvalue weighted by atomic mass is 16.1.